The van der Waals surface area contributed by atoms with Gasteiger partial charge in [-0.25, -0.2) is 4.79 Å². The maximum Gasteiger partial charge on any atom is 0.317 e. The number of nitrogens with one attached hydrogen (secondary N) is 1. The van der Waals surface area contributed by atoms with Crippen LogP contribution in [0.5, 0.6) is 0 Å². The van der Waals surface area contributed by atoms with E-state index in [1.165, 1.54) is 0 Å². The molecule has 1 fully saturated rings. The van der Waals surface area contributed by atoms with Crippen LogP contribution in [0, 0.1) is 0 Å². The van der Waals surface area contributed by atoms with Gasteiger partial charge in [-0.15, -0.1) is 0 Å². The molecule has 1 rings (SSSR count). The number of hydrogen-bond acceptors (Lipinski definition) is 4. The molecule has 0 aromatic rings. The van der Waals surface area contributed by atoms with E-state index in [4.69, 9.17) is 4.74 Å². The van der Waals surface area contributed by atoms with Gasteiger partial charge in [0.1, 0.15) is 0 Å². The minimum Gasteiger partial charge on any atom is -0.389 e. The molecule has 1 heterocycles. The highest BCUT2D eigenvalue weighted by molar-refractivity contribution is 5.74. The highest BCUT2D eigenvalue weighted by Crippen LogP contribution is 2.08. The molecule has 112 valence electrons. The first-order chi connectivity index (χ1) is 8.92. The van der Waals surface area contributed by atoms with Crippen molar-refractivity contribution >= 4 is 6.03 Å². The third-order valence-electron chi connectivity index (χ3n) is 3.07. The second kappa shape index (κ2) is 7.67. The molecule has 2 amide bonds. The molecule has 0 radical (unpaired) electrons. The Labute approximate surface area is 115 Å². The number of carbonyl (C=O) groups is 1. The lowest BCUT2D eigenvalue weighted by Gasteiger charge is -2.37. The number of aliphatic hydroxyl groups is 1. The third kappa shape index (κ3) is 6.75. The van der Waals surface area contributed by atoms with Gasteiger partial charge in [0.25, 0.3) is 0 Å². The minimum absolute atomic E-state index is 0.000915. The summed E-state index contributed by atoms with van der Waals surface area (Å²) in [4.78, 5) is 15.9. The lowest BCUT2D eigenvalue weighted by molar-refractivity contribution is 0.0225. The average Bonchev–Trinajstić information content (AvgIpc) is 2.33. The van der Waals surface area contributed by atoms with Gasteiger partial charge in [0.2, 0.25) is 0 Å². The van der Waals surface area contributed by atoms with Gasteiger partial charge < -0.3 is 20.1 Å². The fourth-order valence-corrected chi connectivity index (χ4v) is 2.18. The maximum atomic E-state index is 11.9. The van der Waals surface area contributed by atoms with Gasteiger partial charge in [-0.3, -0.25) is 4.90 Å². The van der Waals surface area contributed by atoms with Crippen molar-refractivity contribution in [3.8, 4) is 0 Å². The van der Waals surface area contributed by atoms with Gasteiger partial charge in [0, 0.05) is 53.0 Å². The molecule has 0 spiro atoms. The number of amides is 2. The number of piperazine rings is 1. The molecule has 19 heavy (non-hydrogen) atoms. The molecule has 1 aliphatic heterocycles. The van der Waals surface area contributed by atoms with Crippen LogP contribution in [0.1, 0.15) is 20.3 Å². The summed E-state index contributed by atoms with van der Waals surface area (Å²) in [6.07, 6.45) is 0.834. The zero-order valence-corrected chi connectivity index (χ0v) is 12.3. The Morgan fingerprint density at radius 3 is 2.47 bits per heavy atom. The number of nitrogens with zero attached hydrogens (tertiary/aromatic N) is 2. The first-order valence-electron chi connectivity index (χ1n) is 6.89. The molecule has 2 N–H and O–H groups in total. The van der Waals surface area contributed by atoms with Gasteiger partial charge in [-0.1, -0.05) is 0 Å². The SMILES string of the molecule is COCCCNC(=O)N1CCN(CC(C)(C)O)CC1. The van der Waals surface area contributed by atoms with Crippen LogP contribution in [-0.4, -0.2) is 79.5 Å². The van der Waals surface area contributed by atoms with Gasteiger partial charge in [-0.05, 0) is 20.3 Å². The second-order valence-electron chi connectivity index (χ2n) is 5.65. The maximum absolute atomic E-state index is 11.9. The Morgan fingerprint density at radius 1 is 1.32 bits per heavy atom. The van der Waals surface area contributed by atoms with Crippen molar-refractivity contribution in [3.63, 3.8) is 0 Å². The molecule has 0 bridgehead atoms. The first kappa shape index (κ1) is 16.2. The van der Waals surface area contributed by atoms with Crippen molar-refractivity contribution < 1.29 is 14.6 Å². The van der Waals surface area contributed by atoms with E-state index in [0.717, 1.165) is 19.5 Å². The Kier molecular flexibility index (Phi) is 6.54. The number of rotatable bonds is 6. The van der Waals surface area contributed by atoms with E-state index in [1.54, 1.807) is 7.11 Å². The van der Waals surface area contributed by atoms with Gasteiger partial charge in [0.15, 0.2) is 0 Å². The van der Waals surface area contributed by atoms with E-state index in [1.807, 2.05) is 18.7 Å². The second-order valence-corrected chi connectivity index (χ2v) is 5.65. The summed E-state index contributed by atoms with van der Waals surface area (Å²) in [5.74, 6) is 0. The molecule has 0 unspecified atom stereocenters. The number of hydrogen-bond donors (Lipinski definition) is 2. The van der Waals surface area contributed by atoms with E-state index in [0.29, 0.717) is 32.8 Å². The Hall–Kier alpha value is -0.850. The van der Waals surface area contributed by atoms with Crippen molar-refractivity contribution in [1.82, 2.24) is 15.1 Å². The highest BCUT2D eigenvalue weighted by atomic mass is 16.5. The van der Waals surface area contributed by atoms with Crippen LogP contribution in [0.25, 0.3) is 0 Å². The standard InChI is InChI=1S/C13H27N3O3/c1-13(2,18)11-15-6-8-16(9-7-15)12(17)14-5-4-10-19-3/h18H,4-11H2,1-3H3,(H,14,17). The molecule has 0 atom stereocenters. The van der Waals surface area contributed by atoms with Crippen molar-refractivity contribution in [2.24, 2.45) is 0 Å². The molecule has 0 aromatic heterocycles. The topological polar surface area (TPSA) is 65.0 Å². The van der Waals surface area contributed by atoms with Crippen molar-refractivity contribution in [1.29, 1.82) is 0 Å². The summed E-state index contributed by atoms with van der Waals surface area (Å²) in [7, 11) is 1.66. The van der Waals surface area contributed by atoms with E-state index in [-0.39, 0.29) is 6.03 Å². The Morgan fingerprint density at radius 2 is 1.95 bits per heavy atom. The number of β-amino-alcohol motifs (C(OH)–C–C–N with tert-alkyl or cyclic N) is 1. The summed E-state index contributed by atoms with van der Waals surface area (Å²) in [6, 6.07) is -0.000915. The van der Waals surface area contributed by atoms with Crippen LogP contribution >= 0.6 is 0 Å². The molecule has 0 aromatic carbocycles. The van der Waals surface area contributed by atoms with E-state index >= 15 is 0 Å². The summed E-state index contributed by atoms with van der Waals surface area (Å²) in [5, 5.41) is 12.7. The number of urea groups is 1. The molecule has 6 nitrogen and oxygen atoms in total. The number of ether oxygens (including phenoxy) is 1. The number of methoxy groups -OCH3 is 1. The molecular weight excluding hydrogens is 246 g/mol. The van der Waals surface area contributed by atoms with Crippen LogP contribution in [0.15, 0.2) is 0 Å². The third-order valence-corrected chi connectivity index (χ3v) is 3.07. The molecule has 0 aliphatic carbocycles. The van der Waals surface area contributed by atoms with Crippen LogP contribution < -0.4 is 5.32 Å². The largest absolute Gasteiger partial charge is 0.389 e. The Bertz CT molecular complexity index is 271. The van der Waals surface area contributed by atoms with Crippen molar-refractivity contribution in [2.75, 3.05) is 53.0 Å². The molecular formula is C13H27N3O3. The fourth-order valence-electron chi connectivity index (χ4n) is 2.18. The normalized spacial score (nSPS) is 17.6. The van der Waals surface area contributed by atoms with Crippen molar-refractivity contribution in [3.05, 3.63) is 0 Å². The first-order valence-corrected chi connectivity index (χ1v) is 6.89. The summed E-state index contributed by atoms with van der Waals surface area (Å²) < 4.78 is 4.93. The van der Waals surface area contributed by atoms with Crippen molar-refractivity contribution in [2.45, 2.75) is 25.9 Å². The molecule has 1 aliphatic rings. The van der Waals surface area contributed by atoms with Crippen LogP contribution in [0.3, 0.4) is 0 Å². The Balaban J connectivity index is 2.20. The zero-order valence-electron chi connectivity index (χ0n) is 12.3. The van der Waals surface area contributed by atoms with Gasteiger partial charge in [0.05, 0.1) is 5.60 Å². The van der Waals surface area contributed by atoms with Crippen LogP contribution in [0.2, 0.25) is 0 Å². The zero-order chi connectivity index (χ0) is 14.3. The molecule has 0 saturated carbocycles. The number of carbonyl (C=O) groups excluding carboxylic acids is 1. The predicted octanol–water partition coefficient (Wildman–Crippen LogP) is 0.121. The summed E-state index contributed by atoms with van der Waals surface area (Å²) >= 11 is 0. The van der Waals surface area contributed by atoms with Gasteiger partial charge in [-0.2, -0.15) is 0 Å². The lowest BCUT2D eigenvalue weighted by Crippen LogP contribution is -2.54. The smallest absolute Gasteiger partial charge is 0.317 e. The van der Waals surface area contributed by atoms with Crippen LogP contribution in [-0.2, 0) is 4.74 Å². The fraction of sp³-hybridized carbons (Fsp3) is 0.923. The van der Waals surface area contributed by atoms with Gasteiger partial charge >= 0.3 is 6.03 Å². The quantitative estimate of drug-likeness (QED) is 0.675. The molecule has 1 saturated heterocycles. The molecule has 6 heteroatoms. The van der Waals surface area contributed by atoms with E-state index < -0.39 is 5.60 Å². The lowest BCUT2D eigenvalue weighted by atomic mass is 10.1. The monoisotopic (exact) mass is 273 g/mol. The summed E-state index contributed by atoms with van der Waals surface area (Å²) in [6.45, 7) is 8.64. The predicted molar refractivity (Wildman–Crippen MR) is 74.2 cm³/mol. The van der Waals surface area contributed by atoms with E-state index in [9.17, 15) is 9.90 Å². The highest BCUT2D eigenvalue weighted by Gasteiger charge is 2.24. The minimum atomic E-state index is -0.676. The average molecular weight is 273 g/mol. The summed E-state index contributed by atoms with van der Waals surface area (Å²) in [5.41, 5.74) is -0.676. The van der Waals surface area contributed by atoms with E-state index in [2.05, 4.69) is 10.2 Å². The van der Waals surface area contributed by atoms with Crippen LogP contribution in [0.4, 0.5) is 4.79 Å².